The van der Waals surface area contributed by atoms with Crippen LogP contribution in [0.25, 0.3) is 11.5 Å². The van der Waals surface area contributed by atoms with E-state index in [1.54, 1.807) is 12.1 Å². The summed E-state index contributed by atoms with van der Waals surface area (Å²) in [6.07, 6.45) is 0.819. The van der Waals surface area contributed by atoms with Crippen LogP contribution < -0.4 is 5.32 Å². The number of benzene rings is 2. The Morgan fingerprint density at radius 1 is 1.04 bits per heavy atom. The van der Waals surface area contributed by atoms with Crippen LogP contribution in [0.1, 0.15) is 17.0 Å². The van der Waals surface area contributed by atoms with Gasteiger partial charge in [-0.1, -0.05) is 30.3 Å². The summed E-state index contributed by atoms with van der Waals surface area (Å²) < 4.78 is 18.5. The highest BCUT2D eigenvalue weighted by Crippen LogP contribution is 2.21. The van der Waals surface area contributed by atoms with Crippen molar-refractivity contribution in [2.45, 2.75) is 19.9 Å². The van der Waals surface area contributed by atoms with Gasteiger partial charge in [-0.3, -0.25) is 0 Å². The summed E-state index contributed by atoms with van der Waals surface area (Å²) in [7, 11) is 0. The Hall–Kier alpha value is -2.53. The largest absolute Gasteiger partial charge is 0.419 e. The number of nitrogens with one attached hydrogen (secondary N) is 1. The molecule has 4 nitrogen and oxygen atoms in total. The van der Waals surface area contributed by atoms with Gasteiger partial charge in [0, 0.05) is 5.56 Å². The molecule has 1 N–H and O–H groups in total. The molecule has 0 spiro atoms. The molecule has 0 unspecified atom stereocenters. The van der Waals surface area contributed by atoms with Crippen molar-refractivity contribution in [3.8, 4) is 11.5 Å². The number of halogens is 1. The first-order valence-electron chi connectivity index (χ1n) is 7.56. The zero-order valence-electron chi connectivity index (χ0n) is 12.9. The lowest BCUT2D eigenvalue weighted by atomic mass is 10.1. The van der Waals surface area contributed by atoms with Crippen LogP contribution in [-0.4, -0.2) is 16.7 Å². The Labute approximate surface area is 134 Å². The van der Waals surface area contributed by atoms with Crippen molar-refractivity contribution in [1.29, 1.82) is 0 Å². The minimum absolute atomic E-state index is 0.212. The zero-order valence-corrected chi connectivity index (χ0v) is 12.9. The number of aryl methyl sites for hydroxylation is 1. The van der Waals surface area contributed by atoms with Crippen LogP contribution in [0.5, 0.6) is 0 Å². The number of rotatable bonds is 6. The lowest BCUT2D eigenvalue weighted by molar-refractivity contribution is 0.478. The van der Waals surface area contributed by atoms with Crippen LogP contribution >= 0.6 is 0 Å². The van der Waals surface area contributed by atoms with E-state index in [-0.39, 0.29) is 5.82 Å². The van der Waals surface area contributed by atoms with Crippen LogP contribution in [0.4, 0.5) is 4.39 Å². The second-order valence-electron chi connectivity index (χ2n) is 5.37. The van der Waals surface area contributed by atoms with Gasteiger partial charge in [-0.15, -0.1) is 10.2 Å². The van der Waals surface area contributed by atoms with Crippen molar-refractivity contribution < 1.29 is 8.81 Å². The molecule has 1 aromatic heterocycles. The third-order valence-corrected chi connectivity index (χ3v) is 3.62. The minimum Gasteiger partial charge on any atom is -0.419 e. The molecule has 0 fully saturated rings. The van der Waals surface area contributed by atoms with Gasteiger partial charge in [-0.25, -0.2) is 4.39 Å². The molecular formula is C18H18FN3O. The molecule has 23 heavy (non-hydrogen) atoms. The maximum absolute atomic E-state index is 12.8. The summed E-state index contributed by atoms with van der Waals surface area (Å²) in [5.41, 5.74) is 3.15. The summed E-state index contributed by atoms with van der Waals surface area (Å²) >= 11 is 0. The maximum Gasteiger partial charge on any atom is 0.248 e. The van der Waals surface area contributed by atoms with Crippen molar-refractivity contribution in [3.05, 3.63) is 71.4 Å². The predicted molar refractivity (Wildman–Crippen MR) is 86.3 cm³/mol. The van der Waals surface area contributed by atoms with Crippen LogP contribution in [-0.2, 0) is 13.0 Å². The van der Waals surface area contributed by atoms with E-state index < -0.39 is 0 Å². The Kier molecular flexibility index (Phi) is 4.78. The first kappa shape index (κ1) is 15.4. The molecule has 3 aromatic rings. The van der Waals surface area contributed by atoms with E-state index in [0.717, 1.165) is 29.7 Å². The highest BCUT2D eigenvalue weighted by atomic mass is 19.1. The standard InChI is InChI=1S/C18H18FN3O/c1-13-4-2-3-5-16(13)18-22-21-17(23-18)12-20-11-10-14-6-8-15(19)9-7-14/h2-9,20H,10-12H2,1H3. The van der Waals surface area contributed by atoms with Gasteiger partial charge in [0.05, 0.1) is 6.54 Å². The molecule has 0 saturated carbocycles. The van der Waals surface area contributed by atoms with Gasteiger partial charge in [0.1, 0.15) is 5.82 Å². The van der Waals surface area contributed by atoms with Crippen molar-refractivity contribution in [2.24, 2.45) is 0 Å². The number of aromatic nitrogens is 2. The monoisotopic (exact) mass is 311 g/mol. The van der Waals surface area contributed by atoms with E-state index in [1.165, 1.54) is 12.1 Å². The number of hydrogen-bond acceptors (Lipinski definition) is 4. The van der Waals surface area contributed by atoms with E-state index >= 15 is 0 Å². The van der Waals surface area contributed by atoms with Gasteiger partial charge in [-0.2, -0.15) is 0 Å². The molecule has 118 valence electrons. The fraction of sp³-hybridized carbons (Fsp3) is 0.222. The third-order valence-electron chi connectivity index (χ3n) is 3.62. The Morgan fingerprint density at radius 3 is 2.61 bits per heavy atom. The third kappa shape index (κ3) is 4.02. The lowest BCUT2D eigenvalue weighted by Crippen LogP contribution is -2.16. The van der Waals surface area contributed by atoms with E-state index in [9.17, 15) is 4.39 Å². The van der Waals surface area contributed by atoms with Gasteiger partial charge in [0.25, 0.3) is 0 Å². The van der Waals surface area contributed by atoms with Gasteiger partial charge in [0.2, 0.25) is 11.8 Å². The van der Waals surface area contributed by atoms with Crippen LogP contribution in [0.2, 0.25) is 0 Å². The van der Waals surface area contributed by atoms with E-state index in [4.69, 9.17) is 4.42 Å². The molecule has 2 aromatic carbocycles. The van der Waals surface area contributed by atoms with Crippen LogP contribution in [0, 0.1) is 12.7 Å². The Balaban J connectivity index is 1.52. The first-order valence-corrected chi connectivity index (χ1v) is 7.56. The van der Waals surface area contributed by atoms with Gasteiger partial charge >= 0.3 is 0 Å². The van der Waals surface area contributed by atoms with Gasteiger partial charge in [-0.05, 0) is 49.2 Å². The minimum atomic E-state index is -0.212. The molecular weight excluding hydrogens is 293 g/mol. The molecule has 0 saturated heterocycles. The second kappa shape index (κ2) is 7.15. The molecule has 0 aliphatic rings. The van der Waals surface area contributed by atoms with Crippen molar-refractivity contribution in [2.75, 3.05) is 6.54 Å². The maximum atomic E-state index is 12.8. The first-order chi connectivity index (χ1) is 11.2. The summed E-state index contributed by atoms with van der Waals surface area (Å²) in [5, 5.41) is 11.4. The summed E-state index contributed by atoms with van der Waals surface area (Å²) in [4.78, 5) is 0. The lowest BCUT2D eigenvalue weighted by Gasteiger charge is -2.02. The molecule has 0 aliphatic carbocycles. The summed E-state index contributed by atoms with van der Waals surface area (Å²) in [5.74, 6) is 0.886. The highest BCUT2D eigenvalue weighted by Gasteiger charge is 2.09. The Bertz CT molecular complexity index is 768. The molecule has 0 amide bonds. The number of nitrogens with zero attached hydrogens (tertiary/aromatic N) is 2. The van der Waals surface area contributed by atoms with E-state index in [1.807, 2.05) is 31.2 Å². The smallest absolute Gasteiger partial charge is 0.248 e. The molecule has 0 bridgehead atoms. The normalized spacial score (nSPS) is 10.9. The molecule has 1 heterocycles. The van der Waals surface area contributed by atoms with Gasteiger partial charge in [0.15, 0.2) is 0 Å². The highest BCUT2D eigenvalue weighted by molar-refractivity contribution is 5.57. The second-order valence-corrected chi connectivity index (χ2v) is 5.37. The molecule has 3 rings (SSSR count). The average Bonchev–Trinajstić information content (AvgIpc) is 3.02. The fourth-order valence-electron chi connectivity index (χ4n) is 2.33. The summed E-state index contributed by atoms with van der Waals surface area (Å²) in [6, 6.07) is 14.4. The van der Waals surface area contributed by atoms with Gasteiger partial charge < -0.3 is 9.73 Å². The van der Waals surface area contributed by atoms with Crippen molar-refractivity contribution in [3.63, 3.8) is 0 Å². The van der Waals surface area contributed by atoms with E-state index in [0.29, 0.717) is 18.3 Å². The van der Waals surface area contributed by atoms with E-state index in [2.05, 4.69) is 15.5 Å². The molecule has 0 radical (unpaired) electrons. The molecule has 0 atom stereocenters. The van der Waals surface area contributed by atoms with Crippen molar-refractivity contribution in [1.82, 2.24) is 15.5 Å². The average molecular weight is 311 g/mol. The Morgan fingerprint density at radius 2 is 1.83 bits per heavy atom. The van der Waals surface area contributed by atoms with Crippen LogP contribution in [0.15, 0.2) is 52.9 Å². The van der Waals surface area contributed by atoms with Crippen molar-refractivity contribution >= 4 is 0 Å². The quantitative estimate of drug-likeness (QED) is 0.708. The molecule has 0 aliphatic heterocycles. The van der Waals surface area contributed by atoms with Crippen LogP contribution in [0.3, 0.4) is 0 Å². The zero-order chi connectivity index (χ0) is 16.1. The molecule has 5 heteroatoms. The fourth-order valence-corrected chi connectivity index (χ4v) is 2.33. The topological polar surface area (TPSA) is 51.0 Å². The SMILES string of the molecule is Cc1ccccc1-c1nnc(CNCCc2ccc(F)cc2)o1. The predicted octanol–water partition coefficient (Wildman–Crippen LogP) is 3.52. The summed E-state index contributed by atoms with van der Waals surface area (Å²) in [6.45, 7) is 3.29. The number of hydrogen-bond donors (Lipinski definition) is 1.